The first kappa shape index (κ1) is 14.8. The molecule has 20 heavy (non-hydrogen) atoms. The fourth-order valence-corrected chi connectivity index (χ4v) is 2.41. The van der Waals surface area contributed by atoms with Gasteiger partial charge >= 0.3 is 0 Å². The molecule has 0 amide bonds. The first-order valence-corrected chi connectivity index (χ1v) is 7.31. The molecule has 0 saturated heterocycles. The lowest BCUT2D eigenvalue weighted by atomic mass is 10.00. The van der Waals surface area contributed by atoms with Crippen LogP contribution in [0.25, 0.3) is 0 Å². The third-order valence-electron chi connectivity index (χ3n) is 3.63. The summed E-state index contributed by atoms with van der Waals surface area (Å²) in [7, 11) is 0. The molecular weight excluding hydrogens is 246 g/mol. The van der Waals surface area contributed by atoms with Crippen molar-refractivity contribution in [2.24, 2.45) is 0 Å². The Bertz CT molecular complexity index is 483. The van der Waals surface area contributed by atoms with Crippen LogP contribution in [0.4, 0.5) is 0 Å². The van der Waals surface area contributed by atoms with Crippen LogP contribution in [0.2, 0.25) is 0 Å². The molecule has 0 spiro atoms. The molecular formula is C18H23NO. The summed E-state index contributed by atoms with van der Waals surface area (Å²) in [5.74, 6) is 0. The van der Waals surface area contributed by atoms with Gasteiger partial charge in [-0.1, -0.05) is 67.6 Å². The SMILES string of the molecule is CCC(NCCc1ccccc1)C(O)c1ccccc1. The van der Waals surface area contributed by atoms with Crippen molar-refractivity contribution >= 4 is 0 Å². The molecule has 0 radical (unpaired) electrons. The van der Waals surface area contributed by atoms with Crippen LogP contribution in [-0.4, -0.2) is 17.7 Å². The number of benzene rings is 2. The van der Waals surface area contributed by atoms with E-state index >= 15 is 0 Å². The summed E-state index contributed by atoms with van der Waals surface area (Å²) in [5.41, 5.74) is 2.30. The van der Waals surface area contributed by atoms with Crippen molar-refractivity contribution < 1.29 is 5.11 Å². The number of aliphatic hydroxyl groups excluding tert-OH is 1. The molecule has 0 bridgehead atoms. The van der Waals surface area contributed by atoms with Gasteiger partial charge in [0.15, 0.2) is 0 Å². The Morgan fingerprint density at radius 1 is 0.950 bits per heavy atom. The van der Waals surface area contributed by atoms with Crippen molar-refractivity contribution in [3.05, 3.63) is 71.8 Å². The fourth-order valence-electron chi connectivity index (χ4n) is 2.41. The first-order valence-electron chi connectivity index (χ1n) is 7.31. The topological polar surface area (TPSA) is 32.3 Å². The second-order valence-electron chi connectivity index (χ2n) is 5.06. The Hall–Kier alpha value is -1.64. The molecule has 2 heteroatoms. The Balaban J connectivity index is 1.86. The van der Waals surface area contributed by atoms with Crippen molar-refractivity contribution in [3.8, 4) is 0 Å². The standard InChI is InChI=1S/C18H23NO/c1-2-17(18(20)16-11-7-4-8-12-16)19-14-13-15-9-5-3-6-10-15/h3-12,17-20H,2,13-14H2,1H3. The Labute approximate surface area is 121 Å². The van der Waals surface area contributed by atoms with Gasteiger partial charge in [-0.25, -0.2) is 0 Å². The summed E-state index contributed by atoms with van der Waals surface area (Å²) in [6.45, 7) is 2.98. The average Bonchev–Trinajstić information content (AvgIpc) is 2.53. The minimum atomic E-state index is -0.447. The van der Waals surface area contributed by atoms with E-state index in [4.69, 9.17) is 0 Å². The minimum Gasteiger partial charge on any atom is -0.387 e. The summed E-state index contributed by atoms with van der Waals surface area (Å²) in [6, 6.07) is 20.4. The average molecular weight is 269 g/mol. The van der Waals surface area contributed by atoms with E-state index in [1.54, 1.807) is 0 Å². The number of hydrogen-bond acceptors (Lipinski definition) is 2. The number of nitrogens with one attached hydrogen (secondary N) is 1. The molecule has 0 saturated carbocycles. The van der Waals surface area contributed by atoms with Crippen LogP contribution in [0, 0.1) is 0 Å². The predicted octanol–water partition coefficient (Wildman–Crippen LogP) is 3.33. The summed E-state index contributed by atoms with van der Waals surface area (Å²) >= 11 is 0. The van der Waals surface area contributed by atoms with Gasteiger partial charge in [-0.05, 0) is 30.5 Å². The van der Waals surface area contributed by atoms with E-state index in [9.17, 15) is 5.11 Å². The van der Waals surface area contributed by atoms with Gasteiger partial charge < -0.3 is 10.4 Å². The zero-order valence-corrected chi connectivity index (χ0v) is 12.0. The van der Waals surface area contributed by atoms with Crippen LogP contribution in [-0.2, 0) is 6.42 Å². The van der Waals surface area contributed by atoms with Crippen LogP contribution in [0.5, 0.6) is 0 Å². The second-order valence-corrected chi connectivity index (χ2v) is 5.06. The molecule has 2 atom stereocenters. The molecule has 2 N–H and O–H groups in total. The van der Waals surface area contributed by atoms with E-state index in [2.05, 4.69) is 36.5 Å². The molecule has 0 aliphatic rings. The summed E-state index contributed by atoms with van der Waals surface area (Å²) in [4.78, 5) is 0. The van der Waals surface area contributed by atoms with Gasteiger partial charge in [0.25, 0.3) is 0 Å². The minimum absolute atomic E-state index is 0.0983. The molecule has 2 aromatic carbocycles. The summed E-state index contributed by atoms with van der Waals surface area (Å²) in [6.07, 6.45) is 1.45. The van der Waals surface area contributed by atoms with Gasteiger partial charge in [-0.3, -0.25) is 0 Å². The van der Waals surface area contributed by atoms with E-state index < -0.39 is 6.10 Å². The molecule has 0 aromatic heterocycles. The summed E-state index contributed by atoms with van der Waals surface area (Å²) < 4.78 is 0. The van der Waals surface area contributed by atoms with Crippen molar-refractivity contribution in [3.63, 3.8) is 0 Å². The van der Waals surface area contributed by atoms with E-state index in [0.717, 1.165) is 24.9 Å². The molecule has 0 fully saturated rings. The predicted molar refractivity (Wildman–Crippen MR) is 83.6 cm³/mol. The third-order valence-corrected chi connectivity index (χ3v) is 3.63. The molecule has 2 aromatic rings. The summed E-state index contributed by atoms with van der Waals surface area (Å²) in [5, 5.41) is 13.9. The number of rotatable bonds is 7. The third kappa shape index (κ3) is 4.19. The Morgan fingerprint density at radius 3 is 2.15 bits per heavy atom. The van der Waals surface area contributed by atoms with Crippen molar-refractivity contribution in [1.82, 2.24) is 5.32 Å². The van der Waals surface area contributed by atoms with Gasteiger partial charge in [0, 0.05) is 6.04 Å². The Morgan fingerprint density at radius 2 is 1.55 bits per heavy atom. The molecule has 0 aliphatic heterocycles. The van der Waals surface area contributed by atoms with Crippen molar-refractivity contribution in [2.75, 3.05) is 6.54 Å². The molecule has 2 unspecified atom stereocenters. The van der Waals surface area contributed by atoms with Crippen molar-refractivity contribution in [2.45, 2.75) is 31.9 Å². The normalized spacial score (nSPS) is 13.9. The van der Waals surface area contributed by atoms with Crippen LogP contribution in [0.15, 0.2) is 60.7 Å². The highest BCUT2D eigenvalue weighted by atomic mass is 16.3. The van der Waals surface area contributed by atoms with Gasteiger partial charge in [-0.15, -0.1) is 0 Å². The van der Waals surface area contributed by atoms with E-state index in [-0.39, 0.29) is 6.04 Å². The van der Waals surface area contributed by atoms with Crippen LogP contribution in [0.3, 0.4) is 0 Å². The molecule has 2 rings (SSSR count). The quantitative estimate of drug-likeness (QED) is 0.808. The van der Waals surface area contributed by atoms with Crippen LogP contribution in [0.1, 0.15) is 30.6 Å². The highest BCUT2D eigenvalue weighted by molar-refractivity contribution is 5.19. The van der Waals surface area contributed by atoms with E-state index in [1.165, 1.54) is 5.56 Å². The number of aliphatic hydroxyl groups is 1. The highest BCUT2D eigenvalue weighted by Crippen LogP contribution is 2.18. The van der Waals surface area contributed by atoms with Gasteiger partial charge in [0.2, 0.25) is 0 Å². The fraction of sp³-hybridized carbons (Fsp3) is 0.333. The maximum Gasteiger partial charge on any atom is 0.0942 e. The van der Waals surface area contributed by atoms with Crippen LogP contribution >= 0.6 is 0 Å². The molecule has 0 heterocycles. The highest BCUT2D eigenvalue weighted by Gasteiger charge is 2.17. The first-order chi connectivity index (χ1) is 9.81. The lowest BCUT2D eigenvalue weighted by Crippen LogP contribution is -2.35. The van der Waals surface area contributed by atoms with E-state index in [1.807, 2.05) is 36.4 Å². The van der Waals surface area contributed by atoms with Gasteiger partial charge in [0.1, 0.15) is 0 Å². The van der Waals surface area contributed by atoms with Crippen LogP contribution < -0.4 is 5.32 Å². The largest absolute Gasteiger partial charge is 0.387 e. The monoisotopic (exact) mass is 269 g/mol. The molecule has 0 aliphatic carbocycles. The maximum absolute atomic E-state index is 10.4. The maximum atomic E-state index is 10.4. The van der Waals surface area contributed by atoms with Gasteiger partial charge in [0.05, 0.1) is 6.10 Å². The zero-order valence-electron chi connectivity index (χ0n) is 12.0. The zero-order chi connectivity index (χ0) is 14.2. The lowest BCUT2D eigenvalue weighted by Gasteiger charge is -2.23. The lowest BCUT2D eigenvalue weighted by molar-refractivity contribution is 0.126. The number of hydrogen-bond donors (Lipinski definition) is 2. The molecule has 2 nitrogen and oxygen atoms in total. The van der Waals surface area contributed by atoms with E-state index in [0.29, 0.717) is 0 Å². The smallest absolute Gasteiger partial charge is 0.0942 e. The van der Waals surface area contributed by atoms with Gasteiger partial charge in [-0.2, -0.15) is 0 Å². The Kier molecular flexibility index (Phi) is 5.78. The van der Waals surface area contributed by atoms with Crippen molar-refractivity contribution in [1.29, 1.82) is 0 Å². The molecule has 106 valence electrons. The second kappa shape index (κ2) is 7.83.